The average Bonchev–Trinajstić information content (AvgIpc) is 2.38. The molecule has 0 saturated heterocycles. The topological polar surface area (TPSA) is 78.9 Å². The summed E-state index contributed by atoms with van der Waals surface area (Å²) in [5.74, 6) is 0.619. The molecule has 1 aromatic carbocycles. The van der Waals surface area contributed by atoms with Crippen molar-refractivity contribution >= 4 is 10.2 Å². The van der Waals surface area contributed by atoms with E-state index in [1.807, 2.05) is 0 Å². The van der Waals surface area contributed by atoms with Gasteiger partial charge in [-0.15, -0.1) is 0 Å². The number of hydrogen-bond acceptors (Lipinski definition) is 4. The molecule has 0 aliphatic heterocycles. The van der Waals surface area contributed by atoms with Gasteiger partial charge in [-0.1, -0.05) is 19.1 Å². The van der Waals surface area contributed by atoms with Crippen LogP contribution in [0.4, 0.5) is 0 Å². The van der Waals surface area contributed by atoms with E-state index in [4.69, 9.17) is 4.74 Å². The van der Waals surface area contributed by atoms with E-state index in [1.165, 1.54) is 14.2 Å². The average molecular weight is 288 g/mol. The number of aliphatic hydroxyl groups excluding tert-OH is 1. The quantitative estimate of drug-likeness (QED) is 0.766. The molecule has 0 heterocycles. The second-order valence-electron chi connectivity index (χ2n) is 4.08. The van der Waals surface area contributed by atoms with Crippen molar-refractivity contribution in [2.45, 2.75) is 13.0 Å². The van der Waals surface area contributed by atoms with Gasteiger partial charge in [0.05, 0.1) is 13.2 Å². The number of hydrogen-bond donors (Lipinski definition) is 2. The van der Waals surface area contributed by atoms with Gasteiger partial charge in [-0.25, -0.2) is 4.72 Å². The zero-order valence-corrected chi connectivity index (χ0v) is 12.1. The van der Waals surface area contributed by atoms with Crippen LogP contribution in [0.2, 0.25) is 0 Å². The van der Waals surface area contributed by atoms with E-state index >= 15 is 0 Å². The maximum absolute atomic E-state index is 11.7. The highest BCUT2D eigenvalue weighted by Gasteiger charge is 2.20. The lowest BCUT2D eigenvalue weighted by molar-refractivity contribution is 0.154. The maximum Gasteiger partial charge on any atom is 0.279 e. The van der Waals surface area contributed by atoms with Crippen LogP contribution < -0.4 is 9.46 Å². The Kier molecular flexibility index (Phi) is 5.74. The second kappa shape index (κ2) is 6.85. The van der Waals surface area contributed by atoms with Crippen molar-refractivity contribution in [3.63, 3.8) is 0 Å². The summed E-state index contributed by atoms with van der Waals surface area (Å²) in [6.45, 7) is 1.98. The Bertz CT molecular complexity index is 504. The van der Waals surface area contributed by atoms with E-state index in [2.05, 4.69) is 4.72 Å². The number of methoxy groups -OCH3 is 1. The Labute approximate surface area is 114 Å². The summed E-state index contributed by atoms with van der Waals surface area (Å²) in [5.41, 5.74) is 0.609. The highest BCUT2D eigenvalue weighted by molar-refractivity contribution is 7.87. The molecule has 0 radical (unpaired) electrons. The van der Waals surface area contributed by atoms with Crippen molar-refractivity contribution in [3.8, 4) is 5.75 Å². The van der Waals surface area contributed by atoms with Crippen LogP contribution in [0, 0.1) is 0 Å². The fraction of sp³-hybridized carbons (Fsp3) is 0.500. The van der Waals surface area contributed by atoms with Crippen molar-refractivity contribution in [3.05, 3.63) is 29.8 Å². The van der Waals surface area contributed by atoms with Crippen molar-refractivity contribution < 1.29 is 18.3 Å². The van der Waals surface area contributed by atoms with E-state index in [0.29, 0.717) is 17.9 Å². The number of benzene rings is 1. The number of nitrogens with one attached hydrogen (secondary N) is 1. The number of nitrogens with zero attached hydrogens (tertiary/aromatic N) is 1. The van der Waals surface area contributed by atoms with Crippen LogP contribution in [0.3, 0.4) is 0 Å². The van der Waals surface area contributed by atoms with Gasteiger partial charge >= 0.3 is 0 Å². The third kappa shape index (κ3) is 4.46. The molecule has 1 rings (SSSR count). The zero-order valence-electron chi connectivity index (χ0n) is 11.3. The highest BCUT2D eigenvalue weighted by atomic mass is 32.2. The minimum absolute atomic E-state index is 0.0253. The lowest BCUT2D eigenvalue weighted by Crippen LogP contribution is -2.40. The summed E-state index contributed by atoms with van der Waals surface area (Å²) in [6, 6.07) is 6.91. The predicted octanol–water partition coefficient (Wildman–Crippen LogP) is 0.515. The summed E-state index contributed by atoms with van der Waals surface area (Å²) >= 11 is 0. The maximum atomic E-state index is 11.7. The number of ether oxygens (including phenoxy) is 1. The van der Waals surface area contributed by atoms with E-state index in [9.17, 15) is 13.5 Å². The van der Waals surface area contributed by atoms with Crippen LogP contribution in [-0.4, -0.2) is 45.1 Å². The minimum Gasteiger partial charge on any atom is -0.497 e. The molecule has 108 valence electrons. The van der Waals surface area contributed by atoms with Crippen molar-refractivity contribution in [1.29, 1.82) is 0 Å². The number of likely N-dealkylation sites (N-methyl/N-ethyl adjacent to an activating group) is 1. The van der Waals surface area contributed by atoms with Crippen LogP contribution in [0.25, 0.3) is 0 Å². The molecule has 0 bridgehead atoms. The largest absolute Gasteiger partial charge is 0.497 e. The smallest absolute Gasteiger partial charge is 0.279 e. The monoisotopic (exact) mass is 288 g/mol. The second-order valence-corrected chi connectivity index (χ2v) is 5.94. The Morgan fingerprint density at radius 2 is 2.16 bits per heavy atom. The van der Waals surface area contributed by atoms with Gasteiger partial charge in [-0.05, 0) is 17.7 Å². The van der Waals surface area contributed by atoms with Gasteiger partial charge in [0, 0.05) is 20.1 Å². The summed E-state index contributed by atoms with van der Waals surface area (Å²) in [7, 11) is -0.584. The molecule has 0 saturated carbocycles. The summed E-state index contributed by atoms with van der Waals surface area (Å²) in [5, 5.41) is 10.1. The fourth-order valence-electron chi connectivity index (χ4n) is 1.59. The SMILES string of the molecule is CCNS(=O)(=O)N(C)CC(O)c1cccc(OC)c1. The molecule has 0 amide bonds. The van der Waals surface area contributed by atoms with E-state index in [-0.39, 0.29) is 6.54 Å². The van der Waals surface area contributed by atoms with Crippen LogP contribution >= 0.6 is 0 Å². The molecule has 0 aromatic heterocycles. The highest BCUT2D eigenvalue weighted by Crippen LogP contribution is 2.20. The first kappa shape index (κ1) is 15.9. The predicted molar refractivity (Wildman–Crippen MR) is 73.2 cm³/mol. The van der Waals surface area contributed by atoms with Crippen LogP contribution in [0.1, 0.15) is 18.6 Å². The molecule has 7 heteroatoms. The lowest BCUT2D eigenvalue weighted by atomic mass is 10.1. The summed E-state index contributed by atoms with van der Waals surface area (Å²) in [4.78, 5) is 0. The fourth-order valence-corrected chi connectivity index (χ4v) is 2.51. The van der Waals surface area contributed by atoms with Gasteiger partial charge in [0.1, 0.15) is 5.75 Å². The molecular formula is C12H20N2O4S. The lowest BCUT2D eigenvalue weighted by Gasteiger charge is -2.21. The number of rotatable bonds is 7. The Morgan fingerprint density at radius 3 is 2.74 bits per heavy atom. The Hall–Kier alpha value is -1.15. The third-order valence-electron chi connectivity index (χ3n) is 2.65. The van der Waals surface area contributed by atoms with E-state index in [1.54, 1.807) is 31.2 Å². The van der Waals surface area contributed by atoms with Crippen molar-refractivity contribution in [1.82, 2.24) is 9.03 Å². The molecule has 0 spiro atoms. The molecular weight excluding hydrogens is 268 g/mol. The van der Waals surface area contributed by atoms with Gasteiger partial charge in [-0.3, -0.25) is 0 Å². The summed E-state index contributed by atoms with van der Waals surface area (Å²) < 4.78 is 31.9. The van der Waals surface area contributed by atoms with Crippen molar-refractivity contribution in [2.24, 2.45) is 0 Å². The van der Waals surface area contributed by atoms with Gasteiger partial charge < -0.3 is 9.84 Å². The van der Waals surface area contributed by atoms with Crippen molar-refractivity contribution in [2.75, 3.05) is 27.2 Å². The normalized spacial score (nSPS) is 13.5. The van der Waals surface area contributed by atoms with Gasteiger partial charge in [0.25, 0.3) is 10.2 Å². The molecule has 2 N–H and O–H groups in total. The summed E-state index contributed by atoms with van der Waals surface area (Å²) in [6.07, 6.45) is -0.909. The van der Waals surface area contributed by atoms with Crippen LogP contribution in [-0.2, 0) is 10.2 Å². The molecule has 1 atom stereocenters. The molecule has 0 aliphatic carbocycles. The first-order valence-corrected chi connectivity index (χ1v) is 7.37. The van der Waals surface area contributed by atoms with Gasteiger partial charge in [-0.2, -0.15) is 12.7 Å². The Morgan fingerprint density at radius 1 is 1.47 bits per heavy atom. The van der Waals surface area contributed by atoms with E-state index < -0.39 is 16.3 Å². The molecule has 0 aliphatic rings. The Balaban J connectivity index is 2.76. The standard InChI is InChI=1S/C12H20N2O4S/c1-4-13-19(16,17)14(2)9-12(15)10-6-5-7-11(8-10)18-3/h5-8,12-13,15H,4,9H2,1-3H3. The van der Waals surface area contributed by atoms with Gasteiger partial charge in [0.15, 0.2) is 0 Å². The first-order chi connectivity index (χ1) is 8.90. The molecule has 1 unspecified atom stereocenters. The van der Waals surface area contributed by atoms with Crippen LogP contribution in [0.5, 0.6) is 5.75 Å². The molecule has 6 nitrogen and oxygen atoms in total. The molecule has 19 heavy (non-hydrogen) atoms. The number of aliphatic hydroxyl groups is 1. The zero-order chi connectivity index (χ0) is 14.5. The van der Waals surface area contributed by atoms with Gasteiger partial charge in [0.2, 0.25) is 0 Å². The molecule has 1 aromatic rings. The molecule has 0 fully saturated rings. The minimum atomic E-state index is -3.54. The first-order valence-electron chi connectivity index (χ1n) is 5.93. The third-order valence-corrected chi connectivity index (χ3v) is 4.27. The van der Waals surface area contributed by atoms with E-state index in [0.717, 1.165) is 4.31 Å². The van der Waals surface area contributed by atoms with Crippen LogP contribution in [0.15, 0.2) is 24.3 Å².